The minimum absolute atomic E-state index is 0.0791. The van der Waals surface area contributed by atoms with Gasteiger partial charge in [-0.3, -0.25) is 0 Å². The number of aliphatic hydroxyl groups is 1. The Labute approximate surface area is 128 Å². The summed E-state index contributed by atoms with van der Waals surface area (Å²) in [4.78, 5) is 11.4. The van der Waals surface area contributed by atoms with Gasteiger partial charge in [0.15, 0.2) is 5.69 Å². The number of ether oxygens (including phenoxy) is 1. The van der Waals surface area contributed by atoms with Crippen molar-refractivity contribution in [3.05, 3.63) is 11.8 Å². The average molecular weight is 330 g/mol. The van der Waals surface area contributed by atoms with E-state index in [-0.39, 0.29) is 35.4 Å². The molecule has 8 nitrogen and oxygen atoms in total. The maximum atomic E-state index is 12.7. The number of aliphatic hydroxyl groups excluding tert-OH is 1. The van der Waals surface area contributed by atoms with Crippen LogP contribution in [0.5, 0.6) is 0 Å². The number of carbonyl (C=O) groups is 1. The second kappa shape index (κ2) is 5.64. The highest BCUT2D eigenvalue weighted by molar-refractivity contribution is 7.89. The van der Waals surface area contributed by atoms with Crippen LogP contribution in [0.25, 0.3) is 0 Å². The lowest BCUT2D eigenvalue weighted by molar-refractivity contribution is 0.0588. The molecule has 2 aliphatic heterocycles. The van der Waals surface area contributed by atoms with E-state index < -0.39 is 16.0 Å². The minimum atomic E-state index is -3.84. The van der Waals surface area contributed by atoms with Crippen LogP contribution in [0.15, 0.2) is 15.7 Å². The Hall–Kier alpha value is -1.45. The molecule has 1 unspecified atom stereocenters. The Bertz CT molecular complexity index is 656. The van der Waals surface area contributed by atoms with Crippen molar-refractivity contribution in [1.82, 2.24) is 9.46 Å². The Morgan fingerprint density at radius 1 is 1.45 bits per heavy atom. The number of esters is 1. The molecule has 1 aromatic heterocycles. The van der Waals surface area contributed by atoms with E-state index in [9.17, 15) is 18.3 Å². The Morgan fingerprint density at radius 3 is 2.64 bits per heavy atom. The van der Waals surface area contributed by atoms with Gasteiger partial charge in [-0.15, -0.1) is 0 Å². The summed E-state index contributed by atoms with van der Waals surface area (Å²) in [6.07, 6.45) is 2.84. The van der Waals surface area contributed by atoms with E-state index in [1.165, 1.54) is 11.4 Å². The molecular formula is C13H18N2O6S. The van der Waals surface area contributed by atoms with Crippen LogP contribution in [0.2, 0.25) is 0 Å². The first-order valence-electron chi connectivity index (χ1n) is 7.16. The summed E-state index contributed by atoms with van der Waals surface area (Å²) in [5.74, 6) is -0.600. The quantitative estimate of drug-likeness (QED) is 0.795. The summed E-state index contributed by atoms with van der Waals surface area (Å²) in [5.41, 5.74) is -0.168. The number of fused-ring (bicyclic) bond motifs is 2. The third-order valence-corrected chi connectivity index (χ3v) is 6.29. The van der Waals surface area contributed by atoms with Gasteiger partial charge >= 0.3 is 5.97 Å². The molecule has 0 spiro atoms. The molecule has 122 valence electrons. The van der Waals surface area contributed by atoms with E-state index in [1.54, 1.807) is 0 Å². The number of aromatic nitrogens is 1. The molecular weight excluding hydrogens is 312 g/mol. The van der Waals surface area contributed by atoms with Crippen LogP contribution < -0.4 is 0 Å². The number of carbonyl (C=O) groups excluding carboxylic acids is 1. The molecule has 2 bridgehead atoms. The number of methoxy groups -OCH3 is 1. The van der Waals surface area contributed by atoms with E-state index in [4.69, 9.17) is 4.52 Å². The number of rotatable bonds is 4. The first kappa shape index (κ1) is 15.4. The highest BCUT2D eigenvalue weighted by Gasteiger charge is 2.48. The molecule has 1 N–H and O–H groups in total. The van der Waals surface area contributed by atoms with Crippen LogP contribution in [0.3, 0.4) is 0 Å². The molecule has 2 aliphatic rings. The Kier molecular flexibility index (Phi) is 3.96. The normalized spacial score (nSPS) is 28.7. The second-order valence-electron chi connectivity index (χ2n) is 5.76. The smallest absolute Gasteiger partial charge is 0.360 e. The van der Waals surface area contributed by atoms with Crippen molar-refractivity contribution in [2.45, 2.75) is 42.9 Å². The second-order valence-corrected chi connectivity index (χ2v) is 7.54. The van der Waals surface area contributed by atoms with Crippen molar-refractivity contribution in [3.63, 3.8) is 0 Å². The monoisotopic (exact) mass is 330 g/mol. The van der Waals surface area contributed by atoms with Crippen LogP contribution >= 0.6 is 0 Å². The zero-order valence-electron chi connectivity index (χ0n) is 12.1. The van der Waals surface area contributed by atoms with Gasteiger partial charge < -0.3 is 14.4 Å². The van der Waals surface area contributed by atoms with Crippen LogP contribution in [-0.4, -0.2) is 54.8 Å². The molecule has 9 heteroatoms. The number of nitrogens with zero attached hydrogens (tertiary/aromatic N) is 2. The fourth-order valence-corrected chi connectivity index (χ4v) is 5.24. The third kappa shape index (κ3) is 2.42. The van der Waals surface area contributed by atoms with Gasteiger partial charge in [-0.25, -0.2) is 13.2 Å². The van der Waals surface area contributed by atoms with Crippen molar-refractivity contribution in [2.75, 3.05) is 13.7 Å². The number of hydrogen-bond donors (Lipinski definition) is 1. The predicted molar refractivity (Wildman–Crippen MR) is 73.5 cm³/mol. The summed E-state index contributed by atoms with van der Waals surface area (Å²) in [6.45, 7) is 0.0791. The first-order chi connectivity index (χ1) is 10.5. The molecule has 0 amide bonds. The lowest BCUT2D eigenvalue weighted by Crippen LogP contribution is -2.46. The van der Waals surface area contributed by atoms with Gasteiger partial charge in [-0.2, -0.15) is 4.31 Å². The van der Waals surface area contributed by atoms with Crippen molar-refractivity contribution < 1.29 is 27.6 Å². The predicted octanol–water partition coefficient (Wildman–Crippen LogP) is 0.385. The van der Waals surface area contributed by atoms with Gasteiger partial charge in [0.05, 0.1) is 7.11 Å². The Balaban J connectivity index is 1.88. The summed E-state index contributed by atoms with van der Waals surface area (Å²) >= 11 is 0. The SMILES string of the molecule is COC(=O)c1cc(S(=O)(=O)N2[C@@H]3CC[C@H]2CC(CO)C3)on1. The van der Waals surface area contributed by atoms with E-state index in [2.05, 4.69) is 9.89 Å². The van der Waals surface area contributed by atoms with Crippen LogP contribution in [0.4, 0.5) is 0 Å². The number of hydrogen-bond acceptors (Lipinski definition) is 7. The highest BCUT2D eigenvalue weighted by Crippen LogP contribution is 2.41. The number of piperidine rings is 1. The summed E-state index contributed by atoms with van der Waals surface area (Å²) in [7, 11) is -2.65. The fraction of sp³-hybridized carbons (Fsp3) is 0.692. The molecule has 22 heavy (non-hydrogen) atoms. The largest absolute Gasteiger partial charge is 0.464 e. The van der Waals surface area contributed by atoms with Gasteiger partial charge in [-0.1, -0.05) is 5.16 Å². The summed E-state index contributed by atoms with van der Waals surface area (Å²) in [5, 5.41) is 12.4. The maximum absolute atomic E-state index is 12.7. The van der Waals surface area contributed by atoms with Crippen LogP contribution in [0, 0.1) is 5.92 Å². The minimum Gasteiger partial charge on any atom is -0.464 e. The third-order valence-electron chi connectivity index (χ3n) is 4.44. The van der Waals surface area contributed by atoms with Gasteiger partial charge in [0, 0.05) is 24.8 Å². The van der Waals surface area contributed by atoms with E-state index in [1.807, 2.05) is 0 Å². The molecule has 0 aromatic carbocycles. The van der Waals surface area contributed by atoms with E-state index in [0.717, 1.165) is 18.9 Å². The summed E-state index contributed by atoms with van der Waals surface area (Å²) < 4.78 is 36.3. The van der Waals surface area contributed by atoms with E-state index >= 15 is 0 Å². The maximum Gasteiger partial charge on any atom is 0.360 e. The van der Waals surface area contributed by atoms with Gasteiger partial charge in [0.2, 0.25) is 0 Å². The first-order valence-corrected chi connectivity index (χ1v) is 8.60. The molecule has 2 fully saturated rings. The van der Waals surface area contributed by atoms with Crippen LogP contribution in [0.1, 0.15) is 36.2 Å². The van der Waals surface area contributed by atoms with Gasteiger partial charge in [0.25, 0.3) is 15.1 Å². The molecule has 0 radical (unpaired) electrons. The Morgan fingerprint density at radius 2 is 2.09 bits per heavy atom. The van der Waals surface area contributed by atoms with Crippen molar-refractivity contribution >= 4 is 16.0 Å². The molecule has 1 aromatic rings. The fourth-order valence-electron chi connectivity index (χ4n) is 3.47. The lowest BCUT2D eigenvalue weighted by atomic mass is 9.93. The van der Waals surface area contributed by atoms with E-state index in [0.29, 0.717) is 12.8 Å². The van der Waals surface area contributed by atoms with Gasteiger partial charge in [-0.05, 0) is 31.6 Å². The molecule has 0 saturated carbocycles. The standard InChI is InChI=1S/C13H18N2O6S/c1-20-13(17)11-6-12(21-14-11)22(18,19)15-9-2-3-10(15)5-8(4-9)7-16/h6,8-10,16H,2-5,7H2,1H3/t8?,9-,10+. The lowest BCUT2D eigenvalue weighted by Gasteiger charge is -2.36. The van der Waals surface area contributed by atoms with Crippen LogP contribution in [-0.2, 0) is 14.8 Å². The molecule has 3 rings (SSSR count). The summed E-state index contributed by atoms with van der Waals surface area (Å²) in [6, 6.07) is 0.832. The topological polar surface area (TPSA) is 110 Å². The number of sulfonamides is 1. The molecule has 3 heterocycles. The van der Waals surface area contributed by atoms with Crippen molar-refractivity contribution in [2.24, 2.45) is 5.92 Å². The molecule has 0 aliphatic carbocycles. The van der Waals surface area contributed by atoms with Gasteiger partial charge in [0.1, 0.15) is 0 Å². The molecule has 3 atom stereocenters. The zero-order chi connectivity index (χ0) is 15.9. The highest BCUT2D eigenvalue weighted by atomic mass is 32.2. The van der Waals surface area contributed by atoms with Crippen molar-refractivity contribution in [1.29, 1.82) is 0 Å². The average Bonchev–Trinajstić information content (AvgIpc) is 3.10. The molecule has 2 saturated heterocycles. The van der Waals surface area contributed by atoms with Crippen molar-refractivity contribution in [3.8, 4) is 0 Å². The zero-order valence-corrected chi connectivity index (χ0v) is 13.0.